The quantitative estimate of drug-likeness (QED) is 0.609. The number of aliphatic imine (C=N–C) groups is 1. The Kier molecular flexibility index (Phi) is 5.97. The Labute approximate surface area is 73.1 Å². The monoisotopic (exact) mass is 169 g/mol. The fraction of sp³-hybridized carbons (Fsp3) is 0.556. The van der Waals surface area contributed by atoms with Crippen LogP contribution < -0.4 is 0 Å². The molecule has 3 heteroatoms. The number of hydrogen-bond acceptors (Lipinski definition) is 2. The van der Waals surface area contributed by atoms with E-state index < -0.39 is 6.09 Å². The van der Waals surface area contributed by atoms with E-state index in [-0.39, 0.29) is 6.10 Å². The first-order valence-corrected chi connectivity index (χ1v) is 4.06. The first-order valence-electron chi connectivity index (χ1n) is 4.06. The molecule has 0 aromatic carbocycles. The summed E-state index contributed by atoms with van der Waals surface area (Å²) in [6.45, 7) is 5.64. The summed E-state index contributed by atoms with van der Waals surface area (Å²) in [6.07, 6.45) is 5.12. The number of allylic oxidation sites excluding steroid dienone is 2. The third kappa shape index (κ3) is 5.65. The maximum Gasteiger partial charge on any atom is 0.433 e. The van der Waals surface area contributed by atoms with Crippen molar-refractivity contribution in [3.05, 3.63) is 12.2 Å². The van der Waals surface area contributed by atoms with Gasteiger partial charge in [0.25, 0.3) is 0 Å². The van der Waals surface area contributed by atoms with Crippen LogP contribution in [0.1, 0.15) is 27.2 Å². The number of carbonyl (C=O) groups is 1. The van der Waals surface area contributed by atoms with Crippen LogP contribution in [0.3, 0.4) is 0 Å². The summed E-state index contributed by atoms with van der Waals surface area (Å²) >= 11 is 0. The van der Waals surface area contributed by atoms with Crippen LogP contribution in [0.25, 0.3) is 0 Å². The average molecular weight is 169 g/mol. The van der Waals surface area contributed by atoms with Crippen LogP contribution in [-0.4, -0.2) is 18.4 Å². The lowest BCUT2D eigenvalue weighted by Crippen LogP contribution is -2.10. The molecule has 0 aliphatic heterocycles. The molecule has 0 bridgehead atoms. The van der Waals surface area contributed by atoms with E-state index in [4.69, 9.17) is 4.74 Å². The van der Waals surface area contributed by atoms with Gasteiger partial charge >= 0.3 is 6.09 Å². The van der Waals surface area contributed by atoms with Crippen LogP contribution in [0.2, 0.25) is 0 Å². The summed E-state index contributed by atoms with van der Waals surface area (Å²) in [5, 5.41) is 0. The van der Waals surface area contributed by atoms with Crippen molar-refractivity contribution in [3.63, 3.8) is 0 Å². The van der Waals surface area contributed by atoms with Gasteiger partial charge in [-0.1, -0.05) is 13.0 Å². The predicted octanol–water partition coefficient (Wildman–Crippen LogP) is 2.57. The number of rotatable bonds is 3. The fourth-order valence-corrected chi connectivity index (χ4v) is 0.476. The van der Waals surface area contributed by atoms with Crippen molar-refractivity contribution in [2.45, 2.75) is 33.3 Å². The topological polar surface area (TPSA) is 38.7 Å². The molecule has 0 rings (SSSR count). The highest BCUT2D eigenvalue weighted by atomic mass is 16.6. The van der Waals surface area contributed by atoms with Gasteiger partial charge in [-0.25, -0.2) is 4.79 Å². The lowest BCUT2D eigenvalue weighted by molar-refractivity contribution is 0.115. The average Bonchev–Trinajstić information content (AvgIpc) is 2.05. The van der Waals surface area contributed by atoms with Crippen LogP contribution in [0.4, 0.5) is 4.79 Å². The molecule has 0 spiro atoms. The molecule has 68 valence electrons. The van der Waals surface area contributed by atoms with Crippen LogP contribution >= 0.6 is 0 Å². The third-order valence-corrected chi connectivity index (χ3v) is 1.34. The van der Waals surface area contributed by atoms with Gasteiger partial charge in [0.05, 0.1) is 0 Å². The van der Waals surface area contributed by atoms with Crippen LogP contribution in [0, 0.1) is 0 Å². The molecule has 1 atom stereocenters. The standard InChI is InChI=1S/C9H15NO2/c1-4-6-7-10-9(11)12-8(3)5-2/h4,6-8H,5H2,1-3H3. The minimum absolute atomic E-state index is 0.0553. The second-order valence-corrected chi connectivity index (χ2v) is 2.41. The Bertz CT molecular complexity index is 185. The van der Waals surface area contributed by atoms with E-state index in [0.717, 1.165) is 6.42 Å². The Morgan fingerprint density at radius 2 is 2.33 bits per heavy atom. The molecule has 12 heavy (non-hydrogen) atoms. The van der Waals surface area contributed by atoms with Crippen LogP contribution in [0.5, 0.6) is 0 Å². The van der Waals surface area contributed by atoms with Gasteiger partial charge in [-0.2, -0.15) is 4.99 Å². The number of amides is 1. The van der Waals surface area contributed by atoms with E-state index in [1.54, 1.807) is 12.2 Å². The van der Waals surface area contributed by atoms with Crippen molar-refractivity contribution in [2.24, 2.45) is 4.99 Å². The molecule has 0 aromatic heterocycles. The van der Waals surface area contributed by atoms with Crippen molar-refractivity contribution in [2.75, 3.05) is 0 Å². The maximum atomic E-state index is 10.8. The van der Waals surface area contributed by atoms with Crippen LogP contribution in [-0.2, 0) is 4.74 Å². The number of hydrogen-bond donors (Lipinski definition) is 0. The summed E-state index contributed by atoms with van der Waals surface area (Å²) in [4.78, 5) is 14.4. The second-order valence-electron chi connectivity index (χ2n) is 2.41. The first kappa shape index (κ1) is 10.9. The molecule has 3 nitrogen and oxygen atoms in total. The molecule has 1 amide bonds. The first-order chi connectivity index (χ1) is 5.70. The summed E-state index contributed by atoms with van der Waals surface area (Å²) < 4.78 is 4.88. The highest BCUT2D eigenvalue weighted by molar-refractivity contribution is 5.84. The van der Waals surface area contributed by atoms with Crippen molar-refractivity contribution in [3.8, 4) is 0 Å². The Hall–Kier alpha value is -1.12. The Morgan fingerprint density at radius 3 is 2.83 bits per heavy atom. The zero-order valence-electron chi connectivity index (χ0n) is 7.78. The van der Waals surface area contributed by atoms with E-state index in [9.17, 15) is 4.79 Å². The van der Waals surface area contributed by atoms with Crippen molar-refractivity contribution < 1.29 is 9.53 Å². The van der Waals surface area contributed by atoms with Gasteiger partial charge in [-0.15, -0.1) is 0 Å². The van der Waals surface area contributed by atoms with E-state index >= 15 is 0 Å². The van der Waals surface area contributed by atoms with Crippen LogP contribution in [0.15, 0.2) is 17.1 Å². The normalized spacial score (nSPS) is 13.9. The van der Waals surface area contributed by atoms with E-state index in [1.807, 2.05) is 20.8 Å². The van der Waals surface area contributed by atoms with Gasteiger partial charge in [-0.05, 0) is 26.3 Å². The van der Waals surface area contributed by atoms with Gasteiger partial charge in [0.2, 0.25) is 0 Å². The number of nitrogens with zero attached hydrogens (tertiary/aromatic N) is 1. The largest absolute Gasteiger partial charge is 0.445 e. The van der Waals surface area contributed by atoms with Gasteiger partial charge in [0, 0.05) is 6.21 Å². The van der Waals surface area contributed by atoms with Gasteiger partial charge in [0.1, 0.15) is 6.10 Å². The van der Waals surface area contributed by atoms with Crippen molar-refractivity contribution in [1.82, 2.24) is 0 Å². The molecule has 0 aliphatic carbocycles. The number of ether oxygens (including phenoxy) is 1. The van der Waals surface area contributed by atoms with Gasteiger partial charge in [0.15, 0.2) is 0 Å². The molecule has 0 aromatic rings. The van der Waals surface area contributed by atoms with Gasteiger partial charge in [-0.3, -0.25) is 0 Å². The molecule has 0 heterocycles. The van der Waals surface area contributed by atoms with E-state index in [2.05, 4.69) is 4.99 Å². The van der Waals surface area contributed by atoms with E-state index in [0.29, 0.717) is 0 Å². The summed E-state index contributed by atoms with van der Waals surface area (Å²) in [6, 6.07) is 0. The molecular weight excluding hydrogens is 154 g/mol. The summed E-state index contributed by atoms with van der Waals surface area (Å²) in [5.74, 6) is 0. The Balaban J connectivity index is 3.73. The number of carbonyl (C=O) groups excluding carboxylic acids is 1. The predicted molar refractivity (Wildman–Crippen MR) is 49.5 cm³/mol. The summed E-state index contributed by atoms with van der Waals surface area (Å²) in [7, 11) is 0. The molecule has 0 fully saturated rings. The highest BCUT2D eigenvalue weighted by Crippen LogP contribution is 1.97. The molecule has 1 unspecified atom stereocenters. The minimum Gasteiger partial charge on any atom is -0.445 e. The zero-order valence-corrected chi connectivity index (χ0v) is 7.78. The van der Waals surface area contributed by atoms with Gasteiger partial charge < -0.3 is 4.74 Å². The van der Waals surface area contributed by atoms with Crippen molar-refractivity contribution in [1.29, 1.82) is 0 Å². The molecule has 0 N–H and O–H groups in total. The molecule has 0 saturated carbocycles. The second kappa shape index (κ2) is 6.58. The van der Waals surface area contributed by atoms with Crippen molar-refractivity contribution >= 4 is 12.3 Å². The lowest BCUT2D eigenvalue weighted by Gasteiger charge is -2.06. The lowest BCUT2D eigenvalue weighted by atomic mass is 10.3. The minimum atomic E-state index is -0.526. The molecule has 0 radical (unpaired) electrons. The third-order valence-electron chi connectivity index (χ3n) is 1.34. The SMILES string of the molecule is CC=CC=NC(=O)OC(C)CC. The summed E-state index contributed by atoms with van der Waals surface area (Å²) in [5.41, 5.74) is 0. The smallest absolute Gasteiger partial charge is 0.433 e. The zero-order chi connectivity index (χ0) is 9.40. The molecular formula is C9H15NO2. The molecule has 0 saturated heterocycles. The highest BCUT2D eigenvalue weighted by Gasteiger charge is 2.03. The molecule has 0 aliphatic rings. The Morgan fingerprint density at radius 1 is 1.67 bits per heavy atom. The van der Waals surface area contributed by atoms with E-state index in [1.165, 1.54) is 6.21 Å². The maximum absolute atomic E-state index is 10.8. The fourth-order valence-electron chi connectivity index (χ4n) is 0.476.